The smallest absolute Gasteiger partial charge is 0.0897 e. The first-order valence-electron chi connectivity index (χ1n) is 6.88. The topological polar surface area (TPSA) is 54.0 Å². The lowest BCUT2D eigenvalue weighted by Crippen LogP contribution is -2.36. The molecule has 0 aliphatic rings. The first-order chi connectivity index (χ1) is 9.72. The van der Waals surface area contributed by atoms with Gasteiger partial charge in [-0.2, -0.15) is 0 Å². The number of hydrogen-bond donors (Lipinski definition) is 2. The first-order valence-corrected chi connectivity index (χ1v) is 7.76. The van der Waals surface area contributed by atoms with Crippen LogP contribution >= 0.6 is 11.3 Å². The summed E-state index contributed by atoms with van der Waals surface area (Å²) in [7, 11) is 3.76. The van der Waals surface area contributed by atoms with E-state index in [0.29, 0.717) is 19.8 Å². The van der Waals surface area contributed by atoms with Crippen LogP contribution in [0.3, 0.4) is 0 Å². The lowest BCUT2D eigenvalue weighted by Gasteiger charge is -2.17. The fourth-order valence-electron chi connectivity index (χ4n) is 1.65. The summed E-state index contributed by atoms with van der Waals surface area (Å²) in [5, 5.41) is 15.0. The molecule has 116 valence electrons. The van der Waals surface area contributed by atoms with Crippen LogP contribution in [-0.2, 0) is 16.1 Å². The first kappa shape index (κ1) is 17.6. The molecule has 0 saturated heterocycles. The van der Waals surface area contributed by atoms with Gasteiger partial charge in [-0.15, -0.1) is 11.3 Å². The Balaban J connectivity index is 1.93. The minimum absolute atomic E-state index is 0.365. The van der Waals surface area contributed by atoms with Crippen molar-refractivity contribution in [2.24, 2.45) is 0 Å². The van der Waals surface area contributed by atoms with Crippen molar-refractivity contribution in [1.29, 1.82) is 0 Å². The Kier molecular flexibility index (Phi) is 9.82. The molecule has 0 aliphatic heterocycles. The second-order valence-corrected chi connectivity index (χ2v) is 5.78. The number of nitrogens with one attached hydrogen (secondary N) is 1. The van der Waals surface area contributed by atoms with Gasteiger partial charge in [0.1, 0.15) is 0 Å². The number of likely N-dealkylation sites (N-methyl/N-ethyl adjacent to an activating group) is 1. The summed E-state index contributed by atoms with van der Waals surface area (Å²) < 4.78 is 10.5. The molecule has 1 aromatic heterocycles. The molecule has 0 spiro atoms. The molecule has 0 fully saturated rings. The van der Waals surface area contributed by atoms with Crippen molar-refractivity contribution < 1.29 is 14.6 Å². The number of nitrogens with zero attached hydrogens (tertiary/aromatic N) is 1. The third kappa shape index (κ3) is 8.63. The molecule has 0 radical (unpaired) electrons. The molecular formula is C14H26N2O3S. The average molecular weight is 302 g/mol. The van der Waals surface area contributed by atoms with Crippen molar-refractivity contribution in [2.75, 3.05) is 53.6 Å². The normalized spacial score (nSPS) is 13.0. The predicted octanol–water partition coefficient (Wildman–Crippen LogP) is 0.793. The van der Waals surface area contributed by atoms with Gasteiger partial charge in [-0.25, -0.2) is 0 Å². The van der Waals surface area contributed by atoms with Crippen LogP contribution in [0, 0.1) is 0 Å². The van der Waals surface area contributed by atoms with Gasteiger partial charge in [0.05, 0.1) is 25.9 Å². The number of hydrogen-bond acceptors (Lipinski definition) is 6. The van der Waals surface area contributed by atoms with Gasteiger partial charge in [-0.3, -0.25) is 0 Å². The van der Waals surface area contributed by atoms with Gasteiger partial charge in [0.15, 0.2) is 0 Å². The monoisotopic (exact) mass is 302 g/mol. The molecule has 1 aromatic rings. The van der Waals surface area contributed by atoms with Crippen molar-refractivity contribution in [2.45, 2.75) is 12.7 Å². The van der Waals surface area contributed by atoms with Crippen molar-refractivity contribution in [3.8, 4) is 0 Å². The summed E-state index contributed by atoms with van der Waals surface area (Å²) in [6, 6.07) is 4.03. The number of thiophene rings is 1. The quantitative estimate of drug-likeness (QED) is 0.559. The molecule has 0 bridgehead atoms. The maximum Gasteiger partial charge on any atom is 0.0897 e. The minimum atomic E-state index is -0.459. The SMILES string of the molecule is COCCN(C)CCNCC(O)COCc1cccs1. The standard InChI is InChI=1S/C14H26N2O3S/c1-16(7-8-18-2)6-5-15-10-13(17)11-19-12-14-4-3-9-20-14/h3-4,9,13,15,17H,5-8,10-12H2,1-2H3. The lowest BCUT2D eigenvalue weighted by molar-refractivity contribution is 0.0297. The molecule has 1 rings (SSSR count). The van der Waals surface area contributed by atoms with E-state index in [1.165, 1.54) is 4.88 Å². The summed E-state index contributed by atoms with van der Waals surface area (Å²) in [5.74, 6) is 0. The Hall–Kier alpha value is -0.500. The van der Waals surface area contributed by atoms with E-state index in [1.807, 2.05) is 17.5 Å². The second-order valence-electron chi connectivity index (χ2n) is 4.75. The largest absolute Gasteiger partial charge is 0.389 e. The second kappa shape index (κ2) is 11.2. The van der Waals surface area contributed by atoms with Crippen LogP contribution in [-0.4, -0.2) is 69.7 Å². The molecule has 6 heteroatoms. The molecule has 0 aliphatic carbocycles. The predicted molar refractivity (Wildman–Crippen MR) is 82.2 cm³/mol. The Morgan fingerprint density at radius 2 is 2.30 bits per heavy atom. The number of ether oxygens (including phenoxy) is 2. The van der Waals surface area contributed by atoms with E-state index in [0.717, 1.165) is 26.2 Å². The van der Waals surface area contributed by atoms with Crippen LogP contribution in [0.2, 0.25) is 0 Å². The molecule has 0 saturated carbocycles. The molecular weight excluding hydrogens is 276 g/mol. The van der Waals surface area contributed by atoms with Gasteiger partial charge in [0.25, 0.3) is 0 Å². The van der Waals surface area contributed by atoms with Crippen LogP contribution in [0.15, 0.2) is 17.5 Å². The zero-order valence-electron chi connectivity index (χ0n) is 12.4. The average Bonchev–Trinajstić information content (AvgIpc) is 2.94. The zero-order chi connectivity index (χ0) is 14.6. The van der Waals surface area contributed by atoms with Crippen molar-refractivity contribution in [3.05, 3.63) is 22.4 Å². The summed E-state index contributed by atoms with van der Waals surface area (Å²) >= 11 is 1.67. The third-order valence-electron chi connectivity index (χ3n) is 2.86. The summed E-state index contributed by atoms with van der Waals surface area (Å²) in [6.45, 7) is 4.95. The molecule has 0 amide bonds. The summed E-state index contributed by atoms with van der Waals surface area (Å²) in [6.07, 6.45) is -0.459. The van der Waals surface area contributed by atoms with E-state index in [-0.39, 0.29) is 0 Å². The molecule has 1 atom stereocenters. The van der Waals surface area contributed by atoms with Gasteiger partial charge in [-0.05, 0) is 18.5 Å². The summed E-state index contributed by atoms with van der Waals surface area (Å²) in [4.78, 5) is 3.38. The highest BCUT2D eigenvalue weighted by Crippen LogP contribution is 2.09. The number of rotatable bonds is 12. The minimum Gasteiger partial charge on any atom is -0.389 e. The number of aliphatic hydroxyl groups excluding tert-OH is 1. The molecule has 2 N–H and O–H groups in total. The lowest BCUT2D eigenvalue weighted by atomic mass is 10.3. The Morgan fingerprint density at radius 1 is 1.45 bits per heavy atom. The van der Waals surface area contributed by atoms with E-state index in [4.69, 9.17) is 9.47 Å². The van der Waals surface area contributed by atoms with Gasteiger partial charge >= 0.3 is 0 Å². The van der Waals surface area contributed by atoms with E-state index >= 15 is 0 Å². The van der Waals surface area contributed by atoms with Crippen LogP contribution in [0.1, 0.15) is 4.88 Å². The molecule has 5 nitrogen and oxygen atoms in total. The Labute approximate surface area is 125 Å². The van der Waals surface area contributed by atoms with Crippen molar-refractivity contribution >= 4 is 11.3 Å². The Morgan fingerprint density at radius 3 is 3.00 bits per heavy atom. The molecule has 1 unspecified atom stereocenters. The van der Waals surface area contributed by atoms with Gasteiger partial charge in [0.2, 0.25) is 0 Å². The van der Waals surface area contributed by atoms with Crippen LogP contribution in [0.4, 0.5) is 0 Å². The van der Waals surface area contributed by atoms with Crippen LogP contribution in [0.5, 0.6) is 0 Å². The van der Waals surface area contributed by atoms with Crippen molar-refractivity contribution in [1.82, 2.24) is 10.2 Å². The highest BCUT2D eigenvalue weighted by Gasteiger charge is 2.04. The van der Waals surface area contributed by atoms with Crippen LogP contribution < -0.4 is 5.32 Å². The fourth-order valence-corrected chi connectivity index (χ4v) is 2.29. The molecule has 0 aromatic carbocycles. The van der Waals surface area contributed by atoms with E-state index in [2.05, 4.69) is 17.3 Å². The van der Waals surface area contributed by atoms with Crippen LogP contribution in [0.25, 0.3) is 0 Å². The number of aliphatic hydroxyl groups is 1. The number of methoxy groups -OCH3 is 1. The molecule has 1 heterocycles. The fraction of sp³-hybridized carbons (Fsp3) is 0.714. The molecule has 20 heavy (non-hydrogen) atoms. The maximum absolute atomic E-state index is 9.77. The van der Waals surface area contributed by atoms with Crippen molar-refractivity contribution in [3.63, 3.8) is 0 Å². The van der Waals surface area contributed by atoms with E-state index < -0.39 is 6.10 Å². The van der Waals surface area contributed by atoms with E-state index in [1.54, 1.807) is 18.4 Å². The highest BCUT2D eigenvalue weighted by molar-refractivity contribution is 7.09. The van der Waals surface area contributed by atoms with Gasteiger partial charge < -0.3 is 24.8 Å². The summed E-state index contributed by atoms with van der Waals surface area (Å²) in [5.41, 5.74) is 0. The van der Waals surface area contributed by atoms with E-state index in [9.17, 15) is 5.11 Å². The van der Waals surface area contributed by atoms with Gasteiger partial charge in [-0.1, -0.05) is 6.07 Å². The maximum atomic E-state index is 9.77. The zero-order valence-corrected chi connectivity index (χ0v) is 13.2. The Bertz CT molecular complexity index is 322. The highest BCUT2D eigenvalue weighted by atomic mass is 32.1. The third-order valence-corrected chi connectivity index (χ3v) is 3.71. The van der Waals surface area contributed by atoms with Gasteiger partial charge in [0, 0.05) is 38.2 Å².